The highest BCUT2D eigenvalue weighted by molar-refractivity contribution is 5.99. The molecule has 0 N–H and O–H groups in total. The molecule has 0 saturated heterocycles. The molecule has 1 amide bonds. The van der Waals surface area contributed by atoms with Crippen molar-refractivity contribution >= 4 is 17.1 Å². The third-order valence-corrected chi connectivity index (χ3v) is 5.80. The number of carbonyl (C=O) groups is 1. The number of hydrogen-bond donors (Lipinski definition) is 0. The number of nitrogens with zero attached hydrogens (tertiary/aromatic N) is 1. The maximum atomic E-state index is 12.4. The van der Waals surface area contributed by atoms with Gasteiger partial charge >= 0.3 is 0 Å². The number of likely N-dealkylation sites (N-methyl/N-ethyl adjacent to an activating group) is 1. The van der Waals surface area contributed by atoms with E-state index in [1.165, 1.54) is 33.4 Å². The molecule has 0 spiro atoms. The summed E-state index contributed by atoms with van der Waals surface area (Å²) < 4.78 is 0. The third kappa shape index (κ3) is 5.64. The highest BCUT2D eigenvalue weighted by Gasteiger charge is 2.15. The van der Waals surface area contributed by atoms with Gasteiger partial charge in [0, 0.05) is 13.1 Å². The summed E-state index contributed by atoms with van der Waals surface area (Å²) in [6.07, 6.45) is 5.36. The van der Waals surface area contributed by atoms with Crippen molar-refractivity contribution in [3.63, 3.8) is 0 Å². The summed E-state index contributed by atoms with van der Waals surface area (Å²) in [4.78, 5) is 14.2. The molecule has 0 bridgehead atoms. The molecule has 3 rings (SSSR count). The van der Waals surface area contributed by atoms with Crippen molar-refractivity contribution < 1.29 is 4.79 Å². The summed E-state index contributed by atoms with van der Waals surface area (Å²) in [7, 11) is 0. The lowest BCUT2D eigenvalue weighted by Crippen LogP contribution is -2.28. The van der Waals surface area contributed by atoms with E-state index < -0.39 is 0 Å². The lowest BCUT2D eigenvalue weighted by molar-refractivity contribution is -0.125. The lowest BCUT2D eigenvalue weighted by atomic mass is 9.85. The van der Waals surface area contributed by atoms with Crippen molar-refractivity contribution in [1.82, 2.24) is 4.90 Å². The zero-order chi connectivity index (χ0) is 22.8. The fourth-order valence-corrected chi connectivity index (χ4v) is 4.13. The fraction of sp³-hybridized carbons (Fsp3) is 0.233. The van der Waals surface area contributed by atoms with Crippen LogP contribution in [-0.2, 0) is 11.2 Å². The molecule has 0 aliphatic rings. The molecular formula is C30H33NO. The smallest absolute Gasteiger partial charge is 0.246 e. The van der Waals surface area contributed by atoms with Crippen LogP contribution >= 0.6 is 0 Å². The van der Waals surface area contributed by atoms with Crippen LogP contribution in [0.25, 0.3) is 11.1 Å². The highest BCUT2D eigenvalue weighted by atomic mass is 16.2. The topological polar surface area (TPSA) is 20.3 Å². The fourth-order valence-electron chi connectivity index (χ4n) is 4.13. The van der Waals surface area contributed by atoms with Crippen molar-refractivity contribution in [2.45, 2.75) is 33.6 Å². The molecule has 3 aromatic rings. The summed E-state index contributed by atoms with van der Waals surface area (Å²) in [5.74, 6) is 0.0739. The number of carbonyl (C=O) groups excluding carboxylic acids is 1. The first kappa shape index (κ1) is 23.3. The largest absolute Gasteiger partial charge is 0.340 e. The van der Waals surface area contributed by atoms with Crippen LogP contribution < -0.4 is 0 Å². The van der Waals surface area contributed by atoms with Crippen LogP contribution in [-0.4, -0.2) is 23.9 Å². The van der Waals surface area contributed by atoms with Gasteiger partial charge in [0.15, 0.2) is 0 Å². The number of benzene rings is 3. The van der Waals surface area contributed by atoms with E-state index in [4.69, 9.17) is 0 Å². The Kier molecular flexibility index (Phi) is 8.62. The van der Waals surface area contributed by atoms with Crippen LogP contribution in [0.3, 0.4) is 0 Å². The number of hydrogen-bond acceptors (Lipinski definition) is 1. The molecular weight excluding hydrogens is 390 g/mol. The zero-order valence-electron chi connectivity index (χ0n) is 19.4. The molecule has 0 atom stereocenters. The second-order valence-corrected chi connectivity index (χ2v) is 7.71. The summed E-state index contributed by atoms with van der Waals surface area (Å²) in [5, 5.41) is 0. The van der Waals surface area contributed by atoms with E-state index in [-0.39, 0.29) is 5.91 Å². The first-order valence-electron chi connectivity index (χ1n) is 11.6. The van der Waals surface area contributed by atoms with E-state index >= 15 is 0 Å². The molecule has 0 saturated carbocycles. The van der Waals surface area contributed by atoms with Crippen molar-refractivity contribution in [2.24, 2.45) is 0 Å². The van der Waals surface area contributed by atoms with Gasteiger partial charge in [-0.05, 0) is 66.2 Å². The Balaban J connectivity index is 2.08. The van der Waals surface area contributed by atoms with Gasteiger partial charge in [-0.3, -0.25) is 4.79 Å². The Hall–Kier alpha value is -3.39. The van der Waals surface area contributed by atoms with E-state index in [9.17, 15) is 4.79 Å². The van der Waals surface area contributed by atoms with Crippen LogP contribution in [0, 0.1) is 0 Å². The second kappa shape index (κ2) is 11.9. The van der Waals surface area contributed by atoms with Gasteiger partial charge in [-0.25, -0.2) is 0 Å². The Morgan fingerprint density at radius 3 is 1.91 bits per heavy atom. The van der Waals surface area contributed by atoms with Crippen LogP contribution in [0.1, 0.15) is 49.4 Å². The minimum Gasteiger partial charge on any atom is -0.340 e. The first-order chi connectivity index (χ1) is 15.7. The van der Waals surface area contributed by atoms with Gasteiger partial charge in [-0.15, -0.1) is 0 Å². The Morgan fingerprint density at radius 1 is 0.750 bits per heavy atom. The van der Waals surface area contributed by atoms with Gasteiger partial charge in [0.05, 0.1) is 0 Å². The summed E-state index contributed by atoms with van der Waals surface area (Å²) in [6.45, 7) is 7.70. The standard InChI is InChI=1S/C30H33NO/c1-4-27(24-16-9-7-10-17-24)30(26-19-11-8-12-20-26)28-22-14-13-18-25(28)21-15-23-29(32)31(5-2)6-3/h7-20,22-23H,4-6,21H2,1-3H3/b23-15+,30-27-. The van der Waals surface area contributed by atoms with Crippen LogP contribution in [0.2, 0.25) is 0 Å². The average molecular weight is 424 g/mol. The van der Waals surface area contributed by atoms with Crippen molar-refractivity contribution in [3.05, 3.63) is 119 Å². The number of rotatable bonds is 9. The predicted octanol–water partition coefficient (Wildman–Crippen LogP) is 7.02. The second-order valence-electron chi connectivity index (χ2n) is 7.71. The summed E-state index contributed by atoms with van der Waals surface area (Å²) in [5.41, 5.74) is 7.49. The zero-order valence-corrected chi connectivity index (χ0v) is 19.4. The van der Waals surface area contributed by atoms with E-state index in [1.54, 1.807) is 6.08 Å². The minimum atomic E-state index is 0.0739. The molecule has 2 heteroatoms. The molecule has 0 unspecified atom stereocenters. The van der Waals surface area contributed by atoms with Gasteiger partial charge in [-0.1, -0.05) is 97.9 Å². The lowest BCUT2D eigenvalue weighted by Gasteiger charge is -2.19. The quantitative estimate of drug-likeness (QED) is 0.267. The minimum absolute atomic E-state index is 0.0739. The molecule has 0 fully saturated rings. The van der Waals surface area contributed by atoms with E-state index in [0.29, 0.717) is 6.42 Å². The van der Waals surface area contributed by atoms with Gasteiger partial charge < -0.3 is 4.90 Å². The molecule has 0 aromatic heterocycles. The van der Waals surface area contributed by atoms with Gasteiger partial charge in [0.1, 0.15) is 0 Å². The molecule has 2 nitrogen and oxygen atoms in total. The molecule has 0 aliphatic carbocycles. The summed E-state index contributed by atoms with van der Waals surface area (Å²) in [6, 6.07) is 29.8. The average Bonchev–Trinajstić information content (AvgIpc) is 2.85. The van der Waals surface area contributed by atoms with Crippen LogP contribution in [0.5, 0.6) is 0 Å². The SMILES string of the molecule is CC/C(=C(\c1ccccc1)c1ccccc1C/C=C/C(=O)N(CC)CC)c1ccccc1. The molecule has 0 heterocycles. The third-order valence-electron chi connectivity index (χ3n) is 5.80. The van der Waals surface area contributed by atoms with E-state index in [2.05, 4.69) is 91.9 Å². The highest BCUT2D eigenvalue weighted by Crippen LogP contribution is 2.36. The van der Waals surface area contributed by atoms with E-state index in [1.807, 2.05) is 24.8 Å². The molecule has 0 aliphatic heterocycles. The predicted molar refractivity (Wildman–Crippen MR) is 136 cm³/mol. The summed E-state index contributed by atoms with van der Waals surface area (Å²) >= 11 is 0. The van der Waals surface area contributed by atoms with Crippen molar-refractivity contribution in [3.8, 4) is 0 Å². The van der Waals surface area contributed by atoms with Crippen molar-refractivity contribution in [1.29, 1.82) is 0 Å². The number of allylic oxidation sites excluding steroid dienone is 2. The maximum Gasteiger partial charge on any atom is 0.246 e. The molecule has 164 valence electrons. The van der Waals surface area contributed by atoms with E-state index in [0.717, 1.165) is 19.5 Å². The van der Waals surface area contributed by atoms with Crippen LogP contribution in [0.4, 0.5) is 0 Å². The Labute approximate surface area is 192 Å². The Bertz CT molecular complexity index is 1060. The first-order valence-corrected chi connectivity index (χ1v) is 11.6. The van der Waals surface area contributed by atoms with Gasteiger partial charge in [0.25, 0.3) is 0 Å². The molecule has 32 heavy (non-hydrogen) atoms. The normalized spacial score (nSPS) is 12.0. The Morgan fingerprint density at radius 2 is 1.31 bits per heavy atom. The molecule has 3 aromatic carbocycles. The van der Waals surface area contributed by atoms with Crippen molar-refractivity contribution in [2.75, 3.05) is 13.1 Å². The molecule has 0 radical (unpaired) electrons. The monoisotopic (exact) mass is 423 g/mol. The number of amides is 1. The maximum absolute atomic E-state index is 12.4. The van der Waals surface area contributed by atoms with Crippen LogP contribution in [0.15, 0.2) is 97.1 Å². The van der Waals surface area contributed by atoms with Gasteiger partial charge in [-0.2, -0.15) is 0 Å². The van der Waals surface area contributed by atoms with Gasteiger partial charge in [0.2, 0.25) is 5.91 Å².